The Morgan fingerprint density at radius 2 is 2.00 bits per heavy atom. The molecular weight excluding hydrogens is 258 g/mol. The first-order valence-electron chi connectivity index (χ1n) is 8.03. The summed E-state index contributed by atoms with van der Waals surface area (Å²) in [6.45, 7) is 8.26. The molecule has 0 bridgehead atoms. The zero-order valence-corrected chi connectivity index (χ0v) is 13.0. The van der Waals surface area contributed by atoms with Gasteiger partial charge in [-0.15, -0.1) is 0 Å². The molecule has 3 heteroatoms. The van der Waals surface area contributed by atoms with E-state index < -0.39 is 0 Å². The Labute approximate surface area is 127 Å². The summed E-state index contributed by atoms with van der Waals surface area (Å²) in [6.07, 6.45) is 6.25. The highest BCUT2D eigenvalue weighted by Gasteiger charge is 2.19. The molecule has 1 aliphatic rings. The van der Waals surface area contributed by atoms with Gasteiger partial charge in [-0.1, -0.05) is 19.9 Å². The largest absolute Gasteiger partial charge is 0.382 e. The Hall–Kier alpha value is -1.61. The van der Waals surface area contributed by atoms with Crippen LogP contribution in [0.25, 0.3) is 10.8 Å². The average Bonchev–Trinajstić information content (AvgIpc) is 2.49. The fourth-order valence-corrected chi connectivity index (χ4v) is 3.19. The van der Waals surface area contributed by atoms with Crippen molar-refractivity contribution in [2.75, 3.05) is 25.0 Å². The third-order valence-corrected chi connectivity index (χ3v) is 4.22. The molecule has 0 radical (unpaired) electrons. The van der Waals surface area contributed by atoms with E-state index in [0.717, 1.165) is 5.92 Å². The van der Waals surface area contributed by atoms with Gasteiger partial charge in [0.25, 0.3) is 0 Å². The number of likely N-dealkylation sites (tertiary alicyclic amines) is 1. The quantitative estimate of drug-likeness (QED) is 0.926. The Balaban J connectivity index is 1.59. The predicted octanol–water partition coefficient (Wildman–Crippen LogP) is 3.77. The standard InChI is InChI=1S/C18H25N3/c1-14(2)13-21-9-6-17(7-10-21)20-18-4-3-16-12-19-8-5-15(16)11-18/h3-5,8,11-12,14,17,20H,6-7,9-10,13H2,1-2H3. The molecule has 2 heterocycles. The molecule has 0 spiro atoms. The fraction of sp³-hybridized carbons (Fsp3) is 0.500. The molecule has 1 N–H and O–H groups in total. The number of benzene rings is 1. The van der Waals surface area contributed by atoms with Crippen molar-refractivity contribution < 1.29 is 0 Å². The SMILES string of the molecule is CC(C)CN1CCC(Nc2ccc3cnccc3c2)CC1. The van der Waals surface area contributed by atoms with Gasteiger partial charge in [-0.05, 0) is 42.3 Å². The van der Waals surface area contributed by atoms with E-state index in [4.69, 9.17) is 0 Å². The van der Waals surface area contributed by atoms with Crippen molar-refractivity contribution in [2.45, 2.75) is 32.7 Å². The number of fused-ring (bicyclic) bond motifs is 1. The van der Waals surface area contributed by atoms with Crippen LogP contribution in [0, 0.1) is 5.92 Å². The third-order valence-electron chi connectivity index (χ3n) is 4.22. The van der Waals surface area contributed by atoms with E-state index >= 15 is 0 Å². The van der Waals surface area contributed by atoms with Gasteiger partial charge in [0.1, 0.15) is 0 Å². The van der Waals surface area contributed by atoms with Crippen LogP contribution in [0.4, 0.5) is 5.69 Å². The molecule has 0 aliphatic carbocycles. The smallest absolute Gasteiger partial charge is 0.0348 e. The first-order valence-corrected chi connectivity index (χ1v) is 8.03. The number of piperidine rings is 1. The van der Waals surface area contributed by atoms with E-state index in [1.807, 2.05) is 12.4 Å². The molecule has 0 saturated carbocycles. The van der Waals surface area contributed by atoms with Gasteiger partial charge < -0.3 is 10.2 Å². The minimum atomic E-state index is 0.604. The minimum Gasteiger partial charge on any atom is -0.382 e. The van der Waals surface area contributed by atoms with Crippen molar-refractivity contribution in [1.29, 1.82) is 0 Å². The normalized spacial score (nSPS) is 17.5. The van der Waals surface area contributed by atoms with Gasteiger partial charge in [0, 0.05) is 49.1 Å². The van der Waals surface area contributed by atoms with Gasteiger partial charge in [-0.3, -0.25) is 4.98 Å². The topological polar surface area (TPSA) is 28.2 Å². The third kappa shape index (κ3) is 3.73. The molecule has 1 aromatic heterocycles. The molecular formula is C18H25N3. The summed E-state index contributed by atoms with van der Waals surface area (Å²) in [6, 6.07) is 9.24. The predicted molar refractivity (Wildman–Crippen MR) is 89.7 cm³/mol. The highest BCUT2D eigenvalue weighted by atomic mass is 15.1. The fourth-order valence-electron chi connectivity index (χ4n) is 3.19. The van der Waals surface area contributed by atoms with E-state index in [1.54, 1.807) is 0 Å². The number of nitrogens with zero attached hydrogens (tertiary/aromatic N) is 2. The highest BCUT2D eigenvalue weighted by molar-refractivity contribution is 5.84. The number of rotatable bonds is 4. The van der Waals surface area contributed by atoms with Crippen molar-refractivity contribution in [3.05, 3.63) is 36.7 Å². The van der Waals surface area contributed by atoms with Crippen LogP contribution in [0.5, 0.6) is 0 Å². The summed E-state index contributed by atoms with van der Waals surface area (Å²) in [5, 5.41) is 6.16. The summed E-state index contributed by atoms with van der Waals surface area (Å²) in [7, 11) is 0. The van der Waals surface area contributed by atoms with Crippen LogP contribution >= 0.6 is 0 Å². The lowest BCUT2D eigenvalue weighted by Crippen LogP contribution is -2.40. The van der Waals surface area contributed by atoms with Crippen LogP contribution in [0.15, 0.2) is 36.7 Å². The summed E-state index contributed by atoms with van der Waals surface area (Å²) in [5.74, 6) is 0.767. The number of aromatic nitrogens is 1. The number of pyridine rings is 1. The van der Waals surface area contributed by atoms with E-state index in [9.17, 15) is 0 Å². The molecule has 3 rings (SSSR count). The molecule has 3 nitrogen and oxygen atoms in total. The Bertz CT molecular complexity index is 586. The first kappa shape index (κ1) is 14.3. The van der Waals surface area contributed by atoms with E-state index in [1.165, 1.54) is 48.9 Å². The summed E-state index contributed by atoms with van der Waals surface area (Å²) in [5.41, 5.74) is 1.23. The lowest BCUT2D eigenvalue weighted by atomic mass is 10.0. The molecule has 1 saturated heterocycles. The van der Waals surface area contributed by atoms with E-state index in [0.29, 0.717) is 6.04 Å². The van der Waals surface area contributed by atoms with Crippen molar-refractivity contribution >= 4 is 16.5 Å². The molecule has 21 heavy (non-hydrogen) atoms. The summed E-state index contributed by atoms with van der Waals surface area (Å²) in [4.78, 5) is 6.76. The lowest BCUT2D eigenvalue weighted by Gasteiger charge is -2.33. The second kappa shape index (κ2) is 6.44. The molecule has 0 atom stereocenters. The maximum atomic E-state index is 4.16. The van der Waals surface area contributed by atoms with Gasteiger partial charge in [-0.2, -0.15) is 0 Å². The molecule has 2 aromatic rings. The number of anilines is 1. The van der Waals surface area contributed by atoms with Gasteiger partial charge in [0.05, 0.1) is 0 Å². The number of hydrogen-bond acceptors (Lipinski definition) is 3. The van der Waals surface area contributed by atoms with Gasteiger partial charge in [-0.25, -0.2) is 0 Å². The van der Waals surface area contributed by atoms with Crippen LogP contribution in [0.2, 0.25) is 0 Å². The van der Waals surface area contributed by atoms with Gasteiger partial charge in [0.2, 0.25) is 0 Å². The molecule has 0 unspecified atom stereocenters. The highest BCUT2D eigenvalue weighted by Crippen LogP contribution is 2.21. The van der Waals surface area contributed by atoms with E-state index in [2.05, 4.69) is 53.3 Å². The second-order valence-corrected chi connectivity index (χ2v) is 6.55. The summed E-state index contributed by atoms with van der Waals surface area (Å²) >= 11 is 0. The molecule has 1 aromatic carbocycles. The minimum absolute atomic E-state index is 0.604. The second-order valence-electron chi connectivity index (χ2n) is 6.55. The molecule has 112 valence electrons. The average molecular weight is 283 g/mol. The van der Waals surface area contributed by atoms with E-state index in [-0.39, 0.29) is 0 Å². The zero-order valence-electron chi connectivity index (χ0n) is 13.0. The number of nitrogens with one attached hydrogen (secondary N) is 1. The van der Waals surface area contributed by atoms with Crippen molar-refractivity contribution in [3.63, 3.8) is 0 Å². The Morgan fingerprint density at radius 1 is 1.19 bits per heavy atom. The number of hydrogen-bond donors (Lipinski definition) is 1. The molecule has 1 aliphatic heterocycles. The van der Waals surface area contributed by atoms with Gasteiger partial charge >= 0.3 is 0 Å². The van der Waals surface area contributed by atoms with Crippen molar-refractivity contribution in [3.8, 4) is 0 Å². The van der Waals surface area contributed by atoms with Crippen LogP contribution in [0.1, 0.15) is 26.7 Å². The van der Waals surface area contributed by atoms with Crippen LogP contribution in [-0.4, -0.2) is 35.6 Å². The van der Waals surface area contributed by atoms with Crippen LogP contribution < -0.4 is 5.32 Å². The maximum absolute atomic E-state index is 4.16. The molecule has 0 amide bonds. The van der Waals surface area contributed by atoms with Gasteiger partial charge in [0.15, 0.2) is 0 Å². The summed E-state index contributed by atoms with van der Waals surface area (Å²) < 4.78 is 0. The molecule has 1 fully saturated rings. The Morgan fingerprint density at radius 3 is 2.76 bits per heavy atom. The van der Waals surface area contributed by atoms with Crippen LogP contribution in [-0.2, 0) is 0 Å². The lowest BCUT2D eigenvalue weighted by molar-refractivity contribution is 0.198. The maximum Gasteiger partial charge on any atom is 0.0348 e. The first-order chi connectivity index (χ1) is 10.2. The monoisotopic (exact) mass is 283 g/mol. The Kier molecular flexibility index (Phi) is 4.39. The van der Waals surface area contributed by atoms with Crippen LogP contribution in [0.3, 0.4) is 0 Å². The zero-order chi connectivity index (χ0) is 14.7. The van der Waals surface area contributed by atoms with Crippen molar-refractivity contribution in [1.82, 2.24) is 9.88 Å². The van der Waals surface area contributed by atoms with Crippen molar-refractivity contribution in [2.24, 2.45) is 5.92 Å².